The molecule has 2 N–H and O–H groups in total. The van der Waals surface area contributed by atoms with Crippen molar-refractivity contribution in [2.75, 3.05) is 19.8 Å². The molecule has 1 fully saturated rings. The highest BCUT2D eigenvalue weighted by Crippen LogP contribution is 2.19. The van der Waals surface area contributed by atoms with Gasteiger partial charge in [-0.05, 0) is 49.8 Å². The van der Waals surface area contributed by atoms with Crippen LogP contribution in [0.25, 0.3) is 0 Å². The van der Waals surface area contributed by atoms with Crippen LogP contribution in [0.3, 0.4) is 0 Å². The number of hydrogen-bond donors (Lipinski definition) is 1. The van der Waals surface area contributed by atoms with Gasteiger partial charge in [0.1, 0.15) is 5.75 Å². The van der Waals surface area contributed by atoms with Crippen LogP contribution in [0.5, 0.6) is 5.75 Å². The van der Waals surface area contributed by atoms with Gasteiger partial charge >= 0.3 is 0 Å². The molecule has 1 saturated heterocycles. The van der Waals surface area contributed by atoms with Crippen LogP contribution in [0.2, 0.25) is 0 Å². The van der Waals surface area contributed by atoms with E-state index in [0.717, 1.165) is 31.8 Å². The predicted molar refractivity (Wildman–Crippen MR) is 72.8 cm³/mol. The van der Waals surface area contributed by atoms with Crippen molar-refractivity contribution in [2.24, 2.45) is 11.7 Å². The lowest BCUT2D eigenvalue weighted by atomic mass is 9.92. The maximum absolute atomic E-state index is 6.18. The summed E-state index contributed by atoms with van der Waals surface area (Å²) in [7, 11) is 0. The van der Waals surface area contributed by atoms with E-state index in [-0.39, 0.29) is 6.04 Å². The van der Waals surface area contributed by atoms with Gasteiger partial charge in [0.25, 0.3) is 0 Å². The zero-order valence-electron chi connectivity index (χ0n) is 11.1. The van der Waals surface area contributed by atoms with Gasteiger partial charge in [0, 0.05) is 12.6 Å². The average Bonchev–Trinajstić information content (AvgIpc) is 2.40. The number of aryl methyl sites for hydroxylation is 1. The first-order chi connectivity index (χ1) is 8.75. The molecule has 1 aliphatic rings. The fourth-order valence-electron chi connectivity index (χ4n) is 2.36. The topological polar surface area (TPSA) is 44.5 Å². The van der Waals surface area contributed by atoms with Crippen molar-refractivity contribution in [1.29, 1.82) is 0 Å². The molecule has 2 unspecified atom stereocenters. The van der Waals surface area contributed by atoms with Gasteiger partial charge < -0.3 is 15.2 Å². The Morgan fingerprint density at radius 2 is 2.39 bits per heavy atom. The molecule has 100 valence electrons. The molecule has 2 atom stereocenters. The highest BCUT2D eigenvalue weighted by Gasteiger charge is 2.20. The first-order valence-electron chi connectivity index (χ1n) is 6.78. The Bertz CT molecular complexity index is 361. The van der Waals surface area contributed by atoms with Crippen LogP contribution in [0.1, 0.15) is 24.8 Å². The molecule has 3 heteroatoms. The molecule has 18 heavy (non-hydrogen) atoms. The molecule has 1 aliphatic heterocycles. The van der Waals surface area contributed by atoms with Crippen LogP contribution in [0.4, 0.5) is 0 Å². The molecule has 0 radical (unpaired) electrons. The molecule has 1 heterocycles. The first kappa shape index (κ1) is 13.4. The molecule has 0 amide bonds. The molecule has 1 aromatic carbocycles. The van der Waals surface area contributed by atoms with E-state index < -0.39 is 0 Å². The zero-order valence-corrected chi connectivity index (χ0v) is 11.1. The number of rotatable bonds is 5. The van der Waals surface area contributed by atoms with Gasteiger partial charge in [-0.1, -0.05) is 12.1 Å². The summed E-state index contributed by atoms with van der Waals surface area (Å²) in [5.41, 5.74) is 7.40. The number of hydrogen-bond acceptors (Lipinski definition) is 3. The highest BCUT2D eigenvalue weighted by atomic mass is 16.5. The second-order valence-corrected chi connectivity index (χ2v) is 5.09. The van der Waals surface area contributed by atoms with Crippen molar-refractivity contribution < 1.29 is 9.47 Å². The lowest BCUT2D eigenvalue weighted by molar-refractivity contribution is 0.0420. The van der Waals surface area contributed by atoms with Crippen LogP contribution in [0.15, 0.2) is 24.3 Å². The molecule has 0 spiro atoms. The van der Waals surface area contributed by atoms with Gasteiger partial charge in [-0.3, -0.25) is 0 Å². The third-order valence-electron chi connectivity index (χ3n) is 3.51. The minimum absolute atomic E-state index is 0.190. The van der Waals surface area contributed by atoms with E-state index in [1.807, 2.05) is 12.1 Å². The Balaban J connectivity index is 1.71. The number of nitrogens with two attached hydrogens (primary N) is 1. The summed E-state index contributed by atoms with van der Waals surface area (Å²) in [5.74, 6) is 1.43. The minimum Gasteiger partial charge on any atom is -0.494 e. The average molecular weight is 249 g/mol. The molecule has 0 aliphatic carbocycles. The van der Waals surface area contributed by atoms with Crippen molar-refractivity contribution in [2.45, 2.75) is 32.2 Å². The van der Waals surface area contributed by atoms with Crippen molar-refractivity contribution in [1.82, 2.24) is 0 Å². The Morgan fingerprint density at radius 3 is 3.11 bits per heavy atom. The van der Waals surface area contributed by atoms with Crippen molar-refractivity contribution in [3.8, 4) is 5.75 Å². The maximum Gasteiger partial charge on any atom is 0.119 e. The standard InChI is InChI=1S/C15H23NO2/c1-12-4-2-6-14(10-12)18-9-7-15(16)13-5-3-8-17-11-13/h2,4,6,10,13,15H,3,5,7-9,11,16H2,1H3. The van der Waals surface area contributed by atoms with Gasteiger partial charge in [-0.15, -0.1) is 0 Å². The zero-order chi connectivity index (χ0) is 12.8. The fourth-order valence-corrected chi connectivity index (χ4v) is 2.36. The van der Waals surface area contributed by atoms with Gasteiger partial charge in [0.2, 0.25) is 0 Å². The molecule has 0 bridgehead atoms. The van der Waals surface area contributed by atoms with Crippen LogP contribution in [-0.2, 0) is 4.74 Å². The maximum atomic E-state index is 6.18. The third kappa shape index (κ3) is 4.00. The van der Waals surface area contributed by atoms with E-state index in [4.69, 9.17) is 15.2 Å². The lowest BCUT2D eigenvalue weighted by Crippen LogP contribution is -2.36. The van der Waals surface area contributed by atoms with Crippen LogP contribution in [-0.4, -0.2) is 25.9 Å². The van der Waals surface area contributed by atoms with E-state index >= 15 is 0 Å². The molecular formula is C15H23NO2. The summed E-state index contributed by atoms with van der Waals surface area (Å²) < 4.78 is 11.2. The molecule has 3 nitrogen and oxygen atoms in total. The summed E-state index contributed by atoms with van der Waals surface area (Å²) in [6, 6.07) is 8.31. The second-order valence-electron chi connectivity index (χ2n) is 5.09. The summed E-state index contributed by atoms with van der Waals surface area (Å²) >= 11 is 0. The fraction of sp³-hybridized carbons (Fsp3) is 0.600. The normalized spacial score (nSPS) is 21.6. The summed E-state index contributed by atoms with van der Waals surface area (Å²) in [6.07, 6.45) is 3.21. The van der Waals surface area contributed by atoms with E-state index in [9.17, 15) is 0 Å². The van der Waals surface area contributed by atoms with E-state index in [2.05, 4.69) is 19.1 Å². The van der Waals surface area contributed by atoms with E-state index in [0.29, 0.717) is 12.5 Å². The smallest absolute Gasteiger partial charge is 0.119 e. The quantitative estimate of drug-likeness (QED) is 0.872. The van der Waals surface area contributed by atoms with Crippen molar-refractivity contribution in [3.63, 3.8) is 0 Å². The Morgan fingerprint density at radius 1 is 1.50 bits per heavy atom. The van der Waals surface area contributed by atoms with Gasteiger partial charge in [0.15, 0.2) is 0 Å². The molecule has 2 rings (SSSR count). The van der Waals surface area contributed by atoms with Crippen LogP contribution >= 0.6 is 0 Å². The lowest BCUT2D eigenvalue weighted by Gasteiger charge is -2.27. The summed E-state index contributed by atoms with van der Waals surface area (Å²) in [5, 5.41) is 0. The first-order valence-corrected chi connectivity index (χ1v) is 6.78. The van der Waals surface area contributed by atoms with Crippen LogP contribution < -0.4 is 10.5 Å². The van der Waals surface area contributed by atoms with Crippen LogP contribution in [0, 0.1) is 12.8 Å². The SMILES string of the molecule is Cc1cccc(OCCC(N)C2CCCOC2)c1. The van der Waals surface area contributed by atoms with E-state index in [1.165, 1.54) is 12.0 Å². The predicted octanol–water partition coefficient (Wildman–Crippen LogP) is 2.52. The van der Waals surface area contributed by atoms with Gasteiger partial charge in [-0.25, -0.2) is 0 Å². The van der Waals surface area contributed by atoms with Crippen molar-refractivity contribution in [3.05, 3.63) is 29.8 Å². The number of benzene rings is 1. The summed E-state index contributed by atoms with van der Waals surface area (Å²) in [4.78, 5) is 0. The Hall–Kier alpha value is -1.06. The van der Waals surface area contributed by atoms with Crippen molar-refractivity contribution >= 4 is 0 Å². The van der Waals surface area contributed by atoms with E-state index in [1.54, 1.807) is 0 Å². The molecule has 0 saturated carbocycles. The monoisotopic (exact) mass is 249 g/mol. The van der Waals surface area contributed by atoms with Gasteiger partial charge in [0.05, 0.1) is 13.2 Å². The minimum atomic E-state index is 0.190. The number of ether oxygens (including phenoxy) is 2. The largest absolute Gasteiger partial charge is 0.494 e. The Kier molecular flexibility index (Phi) is 5.02. The summed E-state index contributed by atoms with van der Waals surface area (Å²) in [6.45, 7) is 4.45. The molecule has 0 aromatic heterocycles. The third-order valence-corrected chi connectivity index (χ3v) is 3.51. The molecule has 1 aromatic rings. The second kappa shape index (κ2) is 6.76. The highest BCUT2D eigenvalue weighted by molar-refractivity contribution is 5.27. The molecular weight excluding hydrogens is 226 g/mol. The Labute approximate surface area is 109 Å². The van der Waals surface area contributed by atoms with Gasteiger partial charge in [-0.2, -0.15) is 0 Å².